The molecule has 0 aromatic heterocycles. The summed E-state index contributed by atoms with van der Waals surface area (Å²) < 4.78 is 35.7. The van der Waals surface area contributed by atoms with Gasteiger partial charge in [0.25, 0.3) is 0 Å². The van der Waals surface area contributed by atoms with Gasteiger partial charge in [-0.05, 0) is 32.1 Å². The molecule has 1 nitrogen and oxygen atoms in total. The van der Waals surface area contributed by atoms with Gasteiger partial charge in [-0.15, -0.1) is 0 Å². The number of nitrogens with one attached hydrogen (secondary N) is 1. The second-order valence-electron chi connectivity index (χ2n) is 3.57. The van der Waals surface area contributed by atoms with Crippen LogP contribution in [0.1, 0.15) is 32.6 Å². The molecule has 0 saturated carbocycles. The number of rotatable bonds is 8. The van der Waals surface area contributed by atoms with Crippen LogP contribution < -0.4 is 5.32 Å². The Morgan fingerprint density at radius 1 is 1.33 bits per heavy atom. The number of alkyl halides is 3. The fraction of sp³-hybridized carbons (Fsp3) is 1.00. The molecule has 0 aromatic rings. The Morgan fingerprint density at radius 2 is 2.00 bits per heavy atom. The Labute approximate surface area is 94.2 Å². The van der Waals surface area contributed by atoms with E-state index < -0.39 is 12.6 Å². The summed E-state index contributed by atoms with van der Waals surface area (Å²) in [6, 6.07) is 0.212. The lowest BCUT2D eigenvalue weighted by Crippen LogP contribution is -2.28. The van der Waals surface area contributed by atoms with Crippen molar-refractivity contribution in [1.29, 1.82) is 0 Å². The van der Waals surface area contributed by atoms with Crippen molar-refractivity contribution >= 4 is 11.8 Å². The van der Waals surface area contributed by atoms with Crippen LogP contribution in [-0.4, -0.2) is 30.8 Å². The van der Waals surface area contributed by atoms with Crippen LogP contribution in [0.2, 0.25) is 0 Å². The molecule has 1 atom stereocenters. The topological polar surface area (TPSA) is 12.0 Å². The molecule has 0 radical (unpaired) electrons. The van der Waals surface area contributed by atoms with Crippen molar-refractivity contribution in [3.05, 3.63) is 0 Å². The van der Waals surface area contributed by atoms with Gasteiger partial charge >= 0.3 is 6.18 Å². The third kappa shape index (κ3) is 10.4. The predicted octanol–water partition coefficient (Wildman–Crippen LogP) is 3.45. The van der Waals surface area contributed by atoms with Gasteiger partial charge in [0.1, 0.15) is 0 Å². The van der Waals surface area contributed by atoms with Gasteiger partial charge < -0.3 is 5.32 Å². The fourth-order valence-corrected chi connectivity index (χ4v) is 2.30. The van der Waals surface area contributed by atoms with E-state index in [-0.39, 0.29) is 12.5 Å². The lowest BCUT2D eigenvalue weighted by Gasteiger charge is -2.16. The van der Waals surface area contributed by atoms with Crippen LogP contribution in [0.4, 0.5) is 13.2 Å². The van der Waals surface area contributed by atoms with E-state index in [0.717, 1.165) is 17.9 Å². The van der Waals surface area contributed by atoms with E-state index in [1.165, 1.54) is 0 Å². The quantitative estimate of drug-likeness (QED) is 0.655. The highest BCUT2D eigenvalue weighted by molar-refractivity contribution is 7.99. The predicted molar refractivity (Wildman–Crippen MR) is 60.4 cm³/mol. The second-order valence-corrected chi connectivity index (χ2v) is 4.72. The van der Waals surface area contributed by atoms with E-state index in [0.29, 0.717) is 6.42 Å². The largest absolute Gasteiger partial charge is 0.389 e. The summed E-state index contributed by atoms with van der Waals surface area (Å²) in [4.78, 5) is 0. The van der Waals surface area contributed by atoms with Crippen LogP contribution in [-0.2, 0) is 0 Å². The summed E-state index contributed by atoms with van der Waals surface area (Å²) in [7, 11) is 1.81. The standard InChI is InChI=1S/C10H20F3NS/c1-3-7-15-8-9(14-2)5-4-6-10(11,12)13/h9,14H,3-8H2,1-2H3. The number of halogens is 3. The highest BCUT2D eigenvalue weighted by Crippen LogP contribution is 2.23. The third-order valence-corrected chi connectivity index (χ3v) is 3.42. The first-order valence-electron chi connectivity index (χ1n) is 5.31. The average Bonchev–Trinajstić information content (AvgIpc) is 2.14. The summed E-state index contributed by atoms with van der Waals surface area (Å²) in [5, 5.41) is 3.06. The van der Waals surface area contributed by atoms with Crippen molar-refractivity contribution in [2.24, 2.45) is 0 Å². The maximum atomic E-state index is 11.9. The van der Waals surface area contributed by atoms with Gasteiger partial charge in [-0.2, -0.15) is 24.9 Å². The van der Waals surface area contributed by atoms with E-state index in [1.807, 2.05) is 7.05 Å². The average molecular weight is 243 g/mol. The molecule has 0 spiro atoms. The monoisotopic (exact) mass is 243 g/mol. The van der Waals surface area contributed by atoms with Gasteiger partial charge in [0, 0.05) is 18.2 Å². The molecule has 0 amide bonds. The lowest BCUT2D eigenvalue weighted by molar-refractivity contribution is -0.135. The first-order chi connectivity index (χ1) is 6.99. The van der Waals surface area contributed by atoms with Gasteiger partial charge in [0.05, 0.1) is 0 Å². The Hall–Kier alpha value is 0.1000. The van der Waals surface area contributed by atoms with Crippen molar-refractivity contribution in [2.75, 3.05) is 18.6 Å². The Balaban J connectivity index is 3.52. The van der Waals surface area contributed by atoms with Gasteiger partial charge in [0.15, 0.2) is 0 Å². The van der Waals surface area contributed by atoms with Crippen molar-refractivity contribution in [3.63, 3.8) is 0 Å². The van der Waals surface area contributed by atoms with Crippen molar-refractivity contribution in [1.82, 2.24) is 5.32 Å². The normalized spacial score (nSPS) is 14.2. The zero-order valence-corrected chi connectivity index (χ0v) is 10.2. The van der Waals surface area contributed by atoms with Crippen LogP contribution in [0.15, 0.2) is 0 Å². The zero-order chi connectivity index (χ0) is 11.7. The highest BCUT2D eigenvalue weighted by atomic mass is 32.2. The smallest absolute Gasteiger partial charge is 0.316 e. The molecule has 0 fully saturated rings. The molecule has 0 aromatic carbocycles. The third-order valence-electron chi connectivity index (χ3n) is 2.09. The van der Waals surface area contributed by atoms with Crippen LogP contribution in [0.5, 0.6) is 0 Å². The molecule has 0 bridgehead atoms. The minimum absolute atomic E-state index is 0.212. The molecular weight excluding hydrogens is 223 g/mol. The van der Waals surface area contributed by atoms with E-state index in [2.05, 4.69) is 12.2 Å². The molecule has 0 aliphatic rings. The summed E-state index contributed by atoms with van der Waals surface area (Å²) in [6.07, 6.45) is -2.73. The second kappa shape index (κ2) is 8.28. The molecule has 0 saturated heterocycles. The Kier molecular flexibility index (Phi) is 8.33. The highest BCUT2D eigenvalue weighted by Gasteiger charge is 2.26. The van der Waals surface area contributed by atoms with Crippen molar-refractivity contribution in [3.8, 4) is 0 Å². The summed E-state index contributed by atoms with van der Waals surface area (Å²) in [5.41, 5.74) is 0. The Morgan fingerprint density at radius 3 is 2.47 bits per heavy atom. The van der Waals surface area contributed by atoms with E-state index in [4.69, 9.17) is 0 Å². The molecule has 5 heteroatoms. The van der Waals surface area contributed by atoms with Gasteiger partial charge in [-0.3, -0.25) is 0 Å². The fourth-order valence-electron chi connectivity index (χ4n) is 1.23. The summed E-state index contributed by atoms with van der Waals surface area (Å²) in [6.45, 7) is 2.10. The molecule has 1 N–H and O–H groups in total. The van der Waals surface area contributed by atoms with Crippen molar-refractivity contribution < 1.29 is 13.2 Å². The zero-order valence-electron chi connectivity index (χ0n) is 9.36. The Bertz CT molecular complexity index is 150. The number of hydrogen-bond donors (Lipinski definition) is 1. The summed E-state index contributed by atoms with van der Waals surface area (Å²) >= 11 is 1.80. The van der Waals surface area contributed by atoms with E-state index in [1.54, 1.807) is 11.8 Å². The van der Waals surface area contributed by atoms with Gasteiger partial charge in [-0.25, -0.2) is 0 Å². The molecule has 0 aliphatic carbocycles. The minimum atomic E-state index is -4.01. The van der Waals surface area contributed by atoms with E-state index in [9.17, 15) is 13.2 Å². The van der Waals surface area contributed by atoms with Crippen LogP contribution in [0.3, 0.4) is 0 Å². The molecule has 92 valence electrons. The number of hydrogen-bond acceptors (Lipinski definition) is 2. The van der Waals surface area contributed by atoms with Crippen LogP contribution in [0.25, 0.3) is 0 Å². The number of thioether (sulfide) groups is 1. The molecule has 0 heterocycles. The molecular formula is C10H20F3NS. The SMILES string of the molecule is CCCSCC(CCCC(F)(F)F)NC. The van der Waals surface area contributed by atoms with Crippen LogP contribution >= 0.6 is 11.8 Å². The van der Waals surface area contributed by atoms with Gasteiger partial charge in [-0.1, -0.05) is 6.92 Å². The molecule has 15 heavy (non-hydrogen) atoms. The van der Waals surface area contributed by atoms with E-state index >= 15 is 0 Å². The summed E-state index contributed by atoms with van der Waals surface area (Å²) in [5.74, 6) is 1.99. The maximum absolute atomic E-state index is 11.9. The van der Waals surface area contributed by atoms with Crippen LogP contribution in [0, 0.1) is 0 Å². The molecule has 1 unspecified atom stereocenters. The molecule has 0 rings (SSSR count). The van der Waals surface area contributed by atoms with Gasteiger partial charge in [0.2, 0.25) is 0 Å². The maximum Gasteiger partial charge on any atom is 0.389 e. The first-order valence-corrected chi connectivity index (χ1v) is 6.46. The molecule has 0 aliphatic heterocycles. The first kappa shape index (κ1) is 15.1. The minimum Gasteiger partial charge on any atom is -0.316 e. The lowest BCUT2D eigenvalue weighted by atomic mass is 10.1. The van der Waals surface area contributed by atoms with Crippen molar-refractivity contribution in [2.45, 2.75) is 44.8 Å².